The molecular weight excluding hydrogens is 298 g/mol. The zero-order chi connectivity index (χ0) is 15.6. The summed E-state index contributed by atoms with van der Waals surface area (Å²) >= 11 is 0. The number of methoxy groups -OCH3 is 1. The second-order valence-corrected chi connectivity index (χ2v) is 5.77. The molecule has 2 N–H and O–H groups in total. The van der Waals surface area contributed by atoms with Crippen LogP contribution in [0.5, 0.6) is 5.75 Å². The van der Waals surface area contributed by atoms with E-state index in [9.17, 15) is 13.2 Å². The van der Waals surface area contributed by atoms with Crippen molar-refractivity contribution in [3.8, 4) is 5.75 Å². The Balaban J connectivity index is 2.45. The highest BCUT2D eigenvalue weighted by atomic mass is 32.2. The van der Waals surface area contributed by atoms with Gasteiger partial charge < -0.3 is 9.84 Å². The lowest BCUT2D eigenvalue weighted by atomic mass is 10.2. The first kappa shape index (κ1) is 14.9. The van der Waals surface area contributed by atoms with Gasteiger partial charge in [0.25, 0.3) is 10.0 Å². The summed E-state index contributed by atoms with van der Waals surface area (Å²) in [5, 5.41) is 12.8. The van der Waals surface area contributed by atoms with Crippen LogP contribution in [-0.4, -0.2) is 36.4 Å². The van der Waals surface area contributed by atoms with Crippen LogP contribution < -0.4 is 9.46 Å². The van der Waals surface area contributed by atoms with E-state index in [2.05, 4.69) is 9.82 Å². The fourth-order valence-electron chi connectivity index (χ4n) is 1.69. The summed E-state index contributed by atoms with van der Waals surface area (Å²) in [5.74, 6) is -0.944. The van der Waals surface area contributed by atoms with E-state index in [0.717, 1.165) is 6.07 Å². The Labute approximate surface area is 121 Å². The number of aromatic nitrogens is 2. The number of carboxylic acid groups (broad SMARTS) is 1. The predicted molar refractivity (Wildman–Crippen MR) is 74.0 cm³/mol. The van der Waals surface area contributed by atoms with Crippen molar-refractivity contribution in [2.24, 2.45) is 7.05 Å². The minimum absolute atomic E-state index is 0.0513. The molecule has 0 radical (unpaired) electrons. The molecule has 1 heterocycles. The first-order chi connectivity index (χ1) is 9.85. The maximum absolute atomic E-state index is 12.3. The van der Waals surface area contributed by atoms with Crippen LogP contribution in [0.2, 0.25) is 0 Å². The Morgan fingerprint density at radius 2 is 2.10 bits per heavy atom. The smallest absolute Gasteiger partial charge is 0.335 e. The summed E-state index contributed by atoms with van der Waals surface area (Å²) in [6.45, 7) is 0. The molecule has 0 bridgehead atoms. The van der Waals surface area contributed by atoms with Crippen molar-refractivity contribution < 1.29 is 23.1 Å². The van der Waals surface area contributed by atoms with Crippen LogP contribution in [0.25, 0.3) is 0 Å². The number of nitrogens with one attached hydrogen (secondary N) is 1. The van der Waals surface area contributed by atoms with Crippen LogP contribution in [0, 0.1) is 0 Å². The maximum Gasteiger partial charge on any atom is 0.335 e. The summed E-state index contributed by atoms with van der Waals surface area (Å²) in [6.07, 6.45) is 1.45. The van der Waals surface area contributed by atoms with Gasteiger partial charge in [0, 0.05) is 13.1 Å². The number of aryl methyl sites for hydroxylation is 1. The largest absolute Gasteiger partial charge is 0.495 e. The summed E-state index contributed by atoms with van der Waals surface area (Å²) in [5.41, 5.74) is -0.0636. The molecule has 9 heteroatoms. The highest BCUT2D eigenvalue weighted by Gasteiger charge is 2.22. The number of rotatable bonds is 5. The van der Waals surface area contributed by atoms with Gasteiger partial charge in [0.1, 0.15) is 16.5 Å². The number of carboxylic acids is 1. The van der Waals surface area contributed by atoms with Crippen LogP contribution >= 0.6 is 0 Å². The first-order valence-electron chi connectivity index (χ1n) is 5.77. The average molecular weight is 311 g/mol. The number of nitrogens with zero attached hydrogens (tertiary/aromatic N) is 2. The van der Waals surface area contributed by atoms with E-state index >= 15 is 0 Å². The van der Waals surface area contributed by atoms with Gasteiger partial charge in [-0.05, 0) is 18.2 Å². The van der Waals surface area contributed by atoms with Crippen molar-refractivity contribution in [3.05, 3.63) is 36.0 Å². The summed E-state index contributed by atoms with van der Waals surface area (Å²) < 4.78 is 33.3. The molecule has 0 aliphatic rings. The molecule has 2 aromatic rings. The lowest BCUT2D eigenvalue weighted by molar-refractivity contribution is 0.0696. The van der Waals surface area contributed by atoms with E-state index in [4.69, 9.17) is 9.84 Å². The third-order valence-electron chi connectivity index (χ3n) is 2.76. The molecule has 2 rings (SSSR count). The van der Waals surface area contributed by atoms with E-state index < -0.39 is 16.0 Å². The van der Waals surface area contributed by atoms with Crippen molar-refractivity contribution in [2.75, 3.05) is 11.8 Å². The molecular formula is C12H13N3O5S. The molecule has 21 heavy (non-hydrogen) atoms. The highest BCUT2D eigenvalue weighted by Crippen LogP contribution is 2.26. The van der Waals surface area contributed by atoms with Gasteiger partial charge >= 0.3 is 5.97 Å². The number of anilines is 1. The summed E-state index contributed by atoms with van der Waals surface area (Å²) in [6, 6.07) is 5.03. The minimum Gasteiger partial charge on any atom is -0.495 e. The van der Waals surface area contributed by atoms with Gasteiger partial charge in [0.2, 0.25) is 0 Å². The molecule has 0 aliphatic carbocycles. The third kappa shape index (κ3) is 2.97. The molecule has 0 amide bonds. The molecule has 112 valence electrons. The Bertz CT molecular complexity index is 782. The number of sulfonamides is 1. The van der Waals surface area contributed by atoms with Gasteiger partial charge in [-0.25, -0.2) is 13.2 Å². The molecule has 1 aromatic carbocycles. The van der Waals surface area contributed by atoms with Crippen molar-refractivity contribution in [2.45, 2.75) is 4.90 Å². The fraction of sp³-hybridized carbons (Fsp3) is 0.167. The standard InChI is InChI=1S/C12H13N3O5S/c1-15-11(5-6-13-15)14-21(18,19)10-4-3-8(12(16)17)7-9(10)20-2/h3-7,14H,1-2H3,(H,16,17). The number of benzene rings is 1. The first-order valence-corrected chi connectivity index (χ1v) is 7.25. The highest BCUT2D eigenvalue weighted by molar-refractivity contribution is 7.92. The van der Waals surface area contributed by atoms with E-state index in [1.54, 1.807) is 7.05 Å². The second kappa shape index (κ2) is 5.44. The lowest BCUT2D eigenvalue weighted by Gasteiger charge is -2.12. The Morgan fingerprint density at radius 3 is 2.62 bits per heavy atom. The van der Waals surface area contributed by atoms with Gasteiger partial charge in [0.15, 0.2) is 0 Å². The molecule has 0 saturated heterocycles. The monoisotopic (exact) mass is 311 g/mol. The van der Waals surface area contributed by atoms with Gasteiger partial charge in [-0.15, -0.1) is 0 Å². The molecule has 0 spiro atoms. The molecule has 0 unspecified atom stereocenters. The molecule has 0 atom stereocenters. The van der Waals surface area contributed by atoms with Crippen LogP contribution in [0.1, 0.15) is 10.4 Å². The Hall–Kier alpha value is -2.55. The molecule has 8 nitrogen and oxygen atoms in total. The van der Waals surface area contributed by atoms with E-state index in [0.29, 0.717) is 0 Å². The van der Waals surface area contributed by atoms with Crippen molar-refractivity contribution in [1.82, 2.24) is 9.78 Å². The summed E-state index contributed by atoms with van der Waals surface area (Å²) in [4.78, 5) is 10.7. The van der Waals surface area contributed by atoms with Gasteiger partial charge in [-0.3, -0.25) is 9.40 Å². The van der Waals surface area contributed by atoms with Crippen molar-refractivity contribution >= 4 is 21.8 Å². The molecule has 1 aromatic heterocycles. The van der Waals surface area contributed by atoms with Crippen molar-refractivity contribution in [1.29, 1.82) is 0 Å². The van der Waals surface area contributed by atoms with Crippen LogP contribution in [0.4, 0.5) is 5.82 Å². The fourth-order valence-corrected chi connectivity index (χ4v) is 2.93. The van der Waals surface area contributed by atoms with Crippen LogP contribution in [0.3, 0.4) is 0 Å². The summed E-state index contributed by atoms with van der Waals surface area (Å²) in [7, 11) is -1.07. The van der Waals surface area contributed by atoms with E-state index in [1.807, 2.05) is 0 Å². The number of carbonyl (C=O) groups is 1. The predicted octanol–water partition coefficient (Wildman–Crippen LogP) is 0.928. The number of aromatic carboxylic acids is 1. The number of ether oxygens (including phenoxy) is 1. The zero-order valence-electron chi connectivity index (χ0n) is 11.3. The molecule has 0 fully saturated rings. The normalized spacial score (nSPS) is 11.1. The third-order valence-corrected chi connectivity index (χ3v) is 4.15. The van der Waals surface area contributed by atoms with Gasteiger partial charge in [0.05, 0.1) is 18.9 Å². The maximum atomic E-state index is 12.3. The topological polar surface area (TPSA) is 111 Å². The minimum atomic E-state index is -3.92. The number of hydrogen-bond acceptors (Lipinski definition) is 5. The molecule has 0 aliphatic heterocycles. The van der Waals surface area contributed by atoms with Crippen molar-refractivity contribution in [3.63, 3.8) is 0 Å². The zero-order valence-corrected chi connectivity index (χ0v) is 12.1. The average Bonchev–Trinajstić information content (AvgIpc) is 2.82. The van der Waals surface area contributed by atoms with Gasteiger partial charge in [-0.1, -0.05) is 0 Å². The second-order valence-electron chi connectivity index (χ2n) is 4.12. The SMILES string of the molecule is COc1cc(C(=O)O)ccc1S(=O)(=O)Nc1ccnn1C. The quantitative estimate of drug-likeness (QED) is 0.849. The van der Waals surface area contributed by atoms with Gasteiger partial charge in [-0.2, -0.15) is 5.10 Å². The Kier molecular flexibility index (Phi) is 3.85. The van der Waals surface area contributed by atoms with Crippen LogP contribution in [0.15, 0.2) is 35.4 Å². The van der Waals surface area contributed by atoms with Crippen LogP contribution in [-0.2, 0) is 17.1 Å². The van der Waals surface area contributed by atoms with E-state index in [-0.39, 0.29) is 22.0 Å². The Morgan fingerprint density at radius 1 is 1.38 bits per heavy atom. The lowest BCUT2D eigenvalue weighted by Crippen LogP contribution is -2.16. The molecule has 0 saturated carbocycles. The van der Waals surface area contributed by atoms with E-state index in [1.165, 1.54) is 36.2 Å². The number of hydrogen-bond donors (Lipinski definition) is 2.